The number of hydrogen-bond donors (Lipinski definition) is 1. The Morgan fingerprint density at radius 3 is 2.44 bits per heavy atom. The number of oxime groups is 1. The van der Waals surface area contributed by atoms with Crippen molar-refractivity contribution in [3.8, 4) is 0 Å². The van der Waals surface area contributed by atoms with Crippen molar-refractivity contribution in [2.45, 2.75) is 6.92 Å². The second-order valence-electron chi connectivity index (χ2n) is 2.86. The van der Waals surface area contributed by atoms with E-state index < -0.39 is 11.8 Å². The summed E-state index contributed by atoms with van der Waals surface area (Å²) in [6, 6.07) is 8.20. The van der Waals surface area contributed by atoms with E-state index in [0.29, 0.717) is 5.56 Å². The molecule has 0 bridgehead atoms. The highest BCUT2D eigenvalue weighted by Gasteiger charge is 2.23. The molecule has 5 nitrogen and oxygen atoms in total. The topological polar surface area (TPSA) is 76.0 Å². The zero-order valence-corrected chi connectivity index (χ0v) is 8.71. The van der Waals surface area contributed by atoms with E-state index >= 15 is 0 Å². The number of ether oxygens (including phenoxy) is 1. The van der Waals surface area contributed by atoms with Gasteiger partial charge in [-0.2, -0.15) is 0 Å². The lowest BCUT2D eigenvalue weighted by Crippen LogP contribution is -2.26. The smallest absolute Gasteiger partial charge is 0.381 e. The van der Waals surface area contributed by atoms with Crippen LogP contribution in [0.25, 0.3) is 0 Å². The summed E-state index contributed by atoms with van der Waals surface area (Å²) in [6.45, 7) is 1.68. The summed E-state index contributed by atoms with van der Waals surface area (Å²) in [5.74, 6) is -1.99. The molecule has 1 aromatic rings. The van der Waals surface area contributed by atoms with Gasteiger partial charge in [0.1, 0.15) is 0 Å². The third-order valence-corrected chi connectivity index (χ3v) is 1.82. The summed E-state index contributed by atoms with van der Waals surface area (Å²) in [6.07, 6.45) is 0. The molecule has 0 spiro atoms. The van der Waals surface area contributed by atoms with Crippen molar-refractivity contribution < 1.29 is 19.5 Å². The monoisotopic (exact) mass is 221 g/mol. The highest BCUT2D eigenvalue weighted by Crippen LogP contribution is 2.03. The molecule has 0 aliphatic rings. The summed E-state index contributed by atoms with van der Waals surface area (Å²) in [5.41, 5.74) is 0.0436. The van der Waals surface area contributed by atoms with Gasteiger partial charge in [0.05, 0.1) is 6.61 Å². The predicted molar refractivity (Wildman–Crippen MR) is 56.4 cm³/mol. The number of rotatable bonds is 4. The van der Waals surface area contributed by atoms with Crippen molar-refractivity contribution in [1.29, 1.82) is 0 Å². The van der Waals surface area contributed by atoms with Crippen molar-refractivity contribution in [3.63, 3.8) is 0 Å². The van der Waals surface area contributed by atoms with Crippen molar-refractivity contribution >= 4 is 17.5 Å². The maximum absolute atomic E-state index is 11.5. The van der Waals surface area contributed by atoms with Gasteiger partial charge in [-0.3, -0.25) is 4.79 Å². The van der Waals surface area contributed by atoms with E-state index in [4.69, 9.17) is 5.21 Å². The SMILES string of the molecule is CCOC(=O)C(=O)C(=NO)c1ccccc1. The molecule has 0 amide bonds. The van der Waals surface area contributed by atoms with Crippen LogP contribution in [-0.2, 0) is 14.3 Å². The van der Waals surface area contributed by atoms with Crippen molar-refractivity contribution in [2.24, 2.45) is 5.16 Å². The third kappa shape index (κ3) is 2.66. The quantitative estimate of drug-likeness (QED) is 0.270. The first-order valence-corrected chi connectivity index (χ1v) is 4.69. The van der Waals surface area contributed by atoms with Gasteiger partial charge in [-0.25, -0.2) is 4.79 Å². The molecule has 84 valence electrons. The Balaban J connectivity index is 2.93. The summed E-state index contributed by atoms with van der Waals surface area (Å²) >= 11 is 0. The lowest BCUT2D eigenvalue weighted by atomic mass is 10.1. The van der Waals surface area contributed by atoms with Crippen molar-refractivity contribution in [1.82, 2.24) is 0 Å². The summed E-state index contributed by atoms with van der Waals surface area (Å²) < 4.78 is 4.53. The minimum Gasteiger partial charge on any atom is -0.460 e. The Morgan fingerprint density at radius 1 is 1.31 bits per heavy atom. The molecule has 0 aliphatic carbocycles. The maximum atomic E-state index is 11.5. The molecule has 0 fully saturated rings. The predicted octanol–water partition coefficient (Wildman–Crippen LogP) is 0.997. The zero-order valence-electron chi connectivity index (χ0n) is 8.71. The molecule has 5 heteroatoms. The number of nitrogens with zero attached hydrogens (tertiary/aromatic N) is 1. The van der Waals surface area contributed by atoms with Crippen molar-refractivity contribution in [3.05, 3.63) is 35.9 Å². The van der Waals surface area contributed by atoms with E-state index in [-0.39, 0.29) is 12.3 Å². The first-order valence-electron chi connectivity index (χ1n) is 4.69. The molecule has 0 saturated heterocycles. The number of carbonyl (C=O) groups excluding carboxylic acids is 2. The van der Waals surface area contributed by atoms with Gasteiger partial charge in [0, 0.05) is 5.56 Å². The number of benzene rings is 1. The molecule has 0 radical (unpaired) electrons. The molecule has 1 rings (SSSR count). The third-order valence-electron chi connectivity index (χ3n) is 1.82. The number of esters is 1. The molecule has 1 N–H and O–H groups in total. The van der Waals surface area contributed by atoms with Crippen LogP contribution in [0.4, 0.5) is 0 Å². The van der Waals surface area contributed by atoms with Crippen LogP contribution in [0.15, 0.2) is 35.5 Å². The Hall–Kier alpha value is -2.17. The molecule has 0 unspecified atom stereocenters. The first kappa shape index (κ1) is 11.9. The van der Waals surface area contributed by atoms with E-state index in [1.54, 1.807) is 37.3 Å². The Labute approximate surface area is 92.3 Å². The van der Waals surface area contributed by atoms with Crippen LogP contribution in [-0.4, -0.2) is 29.3 Å². The normalized spacial score (nSPS) is 10.9. The number of carbonyl (C=O) groups is 2. The fraction of sp³-hybridized carbons (Fsp3) is 0.182. The first-order chi connectivity index (χ1) is 7.70. The average molecular weight is 221 g/mol. The average Bonchev–Trinajstić information content (AvgIpc) is 2.31. The lowest BCUT2D eigenvalue weighted by Gasteiger charge is -2.02. The van der Waals surface area contributed by atoms with Gasteiger partial charge in [0.2, 0.25) is 0 Å². The van der Waals surface area contributed by atoms with Crippen LogP contribution in [0.5, 0.6) is 0 Å². The molecule has 0 atom stereocenters. The van der Waals surface area contributed by atoms with Gasteiger partial charge in [0.15, 0.2) is 5.71 Å². The van der Waals surface area contributed by atoms with Crippen LogP contribution < -0.4 is 0 Å². The molecular formula is C11H11NO4. The second-order valence-corrected chi connectivity index (χ2v) is 2.86. The van der Waals surface area contributed by atoms with E-state index in [9.17, 15) is 9.59 Å². The van der Waals surface area contributed by atoms with E-state index in [0.717, 1.165) is 0 Å². The Kier molecular flexibility index (Phi) is 4.20. The highest BCUT2D eigenvalue weighted by molar-refractivity contribution is 6.66. The van der Waals surface area contributed by atoms with Crippen molar-refractivity contribution in [2.75, 3.05) is 6.61 Å². The van der Waals surface area contributed by atoms with Crippen LogP contribution in [0.3, 0.4) is 0 Å². The molecule has 0 aromatic heterocycles. The zero-order chi connectivity index (χ0) is 12.0. The van der Waals surface area contributed by atoms with Gasteiger partial charge in [-0.15, -0.1) is 0 Å². The van der Waals surface area contributed by atoms with Gasteiger partial charge >= 0.3 is 5.97 Å². The molecular weight excluding hydrogens is 210 g/mol. The fourth-order valence-corrected chi connectivity index (χ4v) is 1.12. The van der Waals surface area contributed by atoms with Gasteiger partial charge in [-0.05, 0) is 6.92 Å². The largest absolute Gasteiger partial charge is 0.460 e. The minimum absolute atomic E-state index is 0.0953. The summed E-state index contributed by atoms with van der Waals surface area (Å²) in [5, 5.41) is 11.6. The molecule has 0 saturated carbocycles. The molecule has 1 aromatic carbocycles. The van der Waals surface area contributed by atoms with E-state index in [1.165, 1.54) is 0 Å². The Bertz CT molecular complexity index is 411. The van der Waals surface area contributed by atoms with Crippen LogP contribution in [0.1, 0.15) is 12.5 Å². The van der Waals surface area contributed by atoms with Crippen LogP contribution in [0, 0.1) is 0 Å². The Morgan fingerprint density at radius 2 is 1.94 bits per heavy atom. The van der Waals surface area contributed by atoms with Gasteiger partial charge < -0.3 is 9.94 Å². The standard InChI is InChI=1S/C11H11NO4/c1-2-16-11(14)10(13)9(12-15)8-6-4-3-5-7-8/h3-7,15H,2H2,1H3. The summed E-state index contributed by atoms with van der Waals surface area (Å²) in [7, 11) is 0. The highest BCUT2D eigenvalue weighted by atomic mass is 16.5. The van der Waals surface area contributed by atoms with Gasteiger partial charge in [-0.1, -0.05) is 35.5 Å². The molecule has 0 heterocycles. The van der Waals surface area contributed by atoms with Crippen LogP contribution in [0.2, 0.25) is 0 Å². The second kappa shape index (κ2) is 5.65. The fourth-order valence-electron chi connectivity index (χ4n) is 1.12. The summed E-state index contributed by atoms with van der Waals surface area (Å²) in [4.78, 5) is 22.7. The molecule has 0 aliphatic heterocycles. The lowest BCUT2D eigenvalue weighted by molar-refractivity contribution is -0.150. The molecule has 16 heavy (non-hydrogen) atoms. The van der Waals surface area contributed by atoms with Gasteiger partial charge in [0.25, 0.3) is 5.78 Å². The number of hydrogen-bond acceptors (Lipinski definition) is 5. The minimum atomic E-state index is -1.03. The number of Topliss-reactive ketones (excluding diaryl/α,β-unsaturated/α-hetero) is 1. The maximum Gasteiger partial charge on any atom is 0.381 e. The number of ketones is 1. The van der Waals surface area contributed by atoms with Crippen LogP contribution >= 0.6 is 0 Å². The van der Waals surface area contributed by atoms with E-state index in [1.807, 2.05) is 0 Å². The van der Waals surface area contributed by atoms with E-state index in [2.05, 4.69) is 9.89 Å².